The average Bonchev–Trinajstić information content (AvgIpc) is 3.44. The van der Waals surface area contributed by atoms with Crippen LogP contribution >= 0.6 is 0 Å². The van der Waals surface area contributed by atoms with Crippen molar-refractivity contribution in [2.75, 3.05) is 0 Å². The first kappa shape index (κ1) is 21.5. The van der Waals surface area contributed by atoms with Crippen LogP contribution in [0.1, 0.15) is 48.7 Å². The van der Waals surface area contributed by atoms with E-state index in [0.717, 1.165) is 31.4 Å². The maximum absolute atomic E-state index is 13.0. The van der Waals surface area contributed by atoms with Gasteiger partial charge in [-0.25, -0.2) is 14.6 Å². The van der Waals surface area contributed by atoms with Crippen LogP contribution in [0.25, 0.3) is 22.4 Å². The van der Waals surface area contributed by atoms with Crippen LogP contribution in [0.3, 0.4) is 0 Å². The van der Waals surface area contributed by atoms with Crippen molar-refractivity contribution < 1.29 is 23.5 Å². The number of rotatable bonds is 5. The van der Waals surface area contributed by atoms with Gasteiger partial charge in [0.25, 0.3) is 5.91 Å². The van der Waals surface area contributed by atoms with Crippen LogP contribution in [0.5, 0.6) is 0 Å². The number of carbonyl (C=O) groups excluding carboxylic acids is 3. The van der Waals surface area contributed by atoms with E-state index in [1.54, 1.807) is 30.3 Å². The molecule has 32 heavy (non-hydrogen) atoms. The average molecular weight is 435 g/mol. The number of ether oxygens (including phenoxy) is 1. The van der Waals surface area contributed by atoms with Gasteiger partial charge in [0.2, 0.25) is 0 Å². The number of carbonyl (C=O) groups is 3. The molecule has 1 aromatic carbocycles. The minimum absolute atomic E-state index is 0.0764. The predicted molar refractivity (Wildman–Crippen MR) is 118 cm³/mol. The summed E-state index contributed by atoms with van der Waals surface area (Å²) in [5, 5.41) is 5.61. The van der Waals surface area contributed by atoms with Crippen LogP contribution in [-0.4, -0.2) is 35.0 Å². The Bertz CT molecular complexity index is 1160. The van der Waals surface area contributed by atoms with Crippen molar-refractivity contribution in [3.05, 3.63) is 53.8 Å². The van der Waals surface area contributed by atoms with Crippen molar-refractivity contribution in [1.82, 2.24) is 15.6 Å². The fourth-order valence-electron chi connectivity index (χ4n) is 3.83. The van der Waals surface area contributed by atoms with Gasteiger partial charge in [-0.1, -0.05) is 31.0 Å². The van der Waals surface area contributed by atoms with E-state index in [2.05, 4.69) is 15.6 Å². The van der Waals surface area contributed by atoms with E-state index < -0.39 is 24.0 Å². The topological polar surface area (TPSA) is 111 Å². The van der Waals surface area contributed by atoms with Crippen LogP contribution in [0, 0.1) is 6.92 Å². The highest BCUT2D eigenvalue weighted by molar-refractivity contribution is 6.05. The Morgan fingerprint density at radius 3 is 2.59 bits per heavy atom. The molecule has 1 saturated carbocycles. The third-order valence-corrected chi connectivity index (χ3v) is 5.51. The number of esters is 1. The Kier molecular flexibility index (Phi) is 6.20. The lowest BCUT2D eigenvalue weighted by Crippen LogP contribution is -2.47. The number of nitrogens with zero attached hydrogens (tertiary/aromatic N) is 1. The van der Waals surface area contributed by atoms with Crippen LogP contribution in [0.4, 0.5) is 4.79 Å². The number of nitrogens with one attached hydrogen (secondary N) is 2. The molecule has 8 heteroatoms. The summed E-state index contributed by atoms with van der Waals surface area (Å²) in [6.45, 7) is 3.25. The van der Waals surface area contributed by atoms with Gasteiger partial charge < -0.3 is 14.5 Å². The Morgan fingerprint density at radius 1 is 1.12 bits per heavy atom. The fourth-order valence-corrected chi connectivity index (χ4v) is 3.83. The molecule has 2 heterocycles. The van der Waals surface area contributed by atoms with E-state index in [1.807, 2.05) is 19.1 Å². The molecule has 0 bridgehead atoms. The number of aromatic nitrogens is 1. The number of hydrogen-bond donors (Lipinski definition) is 2. The van der Waals surface area contributed by atoms with E-state index in [0.29, 0.717) is 22.4 Å². The fraction of sp³-hybridized carbons (Fsp3) is 0.333. The minimum atomic E-state index is -1.15. The summed E-state index contributed by atoms with van der Waals surface area (Å²) < 4.78 is 11.0. The maximum atomic E-state index is 13.0. The summed E-state index contributed by atoms with van der Waals surface area (Å²) in [4.78, 5) is 42.0. The van der Waals surface area contributed by atoms with Crippen molar-refractivity contribution in [3.63, 3.8) is 0 Å². The minimum Gasteiger partial charge on any atom is -0.460 e. The summed E-state index contributed by atoms with van der Waals surface area (Å²) >= 11 is 0. The second-order valence-electron chi connectivity index (χ2n) is 7.97. The Hall–Kier alpha value is -3.68. The largest absolute Gasteiger partial charge is 0.460 e. The zero-order valence-electron chi connectivity index (χ0n) is 18.0. The van der Waals surface area contributed by atoms with Gasteiger partial charge in [0.05, 0.1) is 11.1 Å². The molecule has 4 rings (SSSR count). The summed E-state index contributed by atoms with van der Waals surface area (Å²) in [5.74, 6) is -0.127. The molecule has 0 aliphatic heterocycles. The van der Waals surface area contributed by atoms with Crippen molar-refractivity contribution in [1.29, 1.82) is 0 Å². The zero-order chi connectivity index (χ0) is 22.7. The van der Waals surface area contributed by atoms with E-state index in [-0.39, 0.29) is 11.6 Å². The second kappa shape index (κ2) is 9.21. The monoisotopic (exact) mass is 435 g/mol. The van der Waals surface area contributed by atoms with E-state index in [9.17, 15) is 14.4 Å². The van der Waals surface area contributed by atoms with Gasteiger partial charge in [-0.05, 0) is 51.0 Å². The van der Waals surface area contributed by atoms with Gasteiger partial charge in [-0.15, -0.1) is 0 Å². The zero-order valence-corrected chi connectivity index (χ0v) is 18.0. The lowest BCUT2D eigenvalue weighted by Gasteiger charge is -2.16. The second-order valence-corrected chi connectivity index (χ2v) is 7.97. The SMILES string of the molecule is Cc1ccc(-c2cc(C(=O)O[C@H](C)C(=O)NC(=O)NC3CCCC3)c3ccccc3n2)o1. The van der Waals surface area contributed by atoms with Gasteiger partial charge in [0.15, 0.2) is 11.9 Å². The number of para-hydroxylation sites is 1. The molecule has 3 aromatic rings. The van der Waals surface area contributed by atoms with Crippen LogP contribution in [-0.2, 0) is 9.53 Å². The molecule has 1 fully saturated rings. The molecule has 166 valence electrons. The number of amides is 3. The van der Waals surface area contributed by atoms with Crippen molar-refractivity contribution in [3.8, 4) is 11.5 Å². The normalized spacial score (nSPS) is 14.8. The molecule has 3 amide bonds. The molecule has 2 aromatic heterocycles. The molecule has 0 unspecified atom stereocenters. The van der Waals surface area contributed by atoms with Gasteiger partial charge >= 0.3 is 12.0 Å². The van der Waals surface area contributed by atoms with Gasteiger partial charge in [0.1, 0.15) is 11.5 Å². The quantitative estimate of drug-likeness (QED) is 0.584. The van der Waals surface area contributed by atoms with E-state index >= 15 is 0 Å². The Morgan fingerprint density at radius 2 is 1.88 bits per heavy atom. The molecule has 2 N–H and O–H groups in total. The van der Waals surface area contributed by atoms with Crippen molar-refractivity contribution in [2.45, 2.75) is 51.7 Å². The summed E-state index contributed by atoms with van der Waals surface area (Å²) in [5.41, 5.74) is 1.34. The third kappa shape index (κ3) is 4.80. The third-order valence-electron chi connectivity index (χ3n) is 5.51. The summed E-state index contributed by atoms with van der Waals surface area (Å²) in [6.07, 6.45) is 2.77. The highest BCUT2D eigenvalue weighted by Crippen LogP contribution is 2.27. The van der Waals surface area contributed by atoms with Crippen LogP contribution in [0.15, 0.2) is 46.9 Å². The predicted octanol–water partition coefficient (Wildman–Crippen LogP) is 4.12. The molecule has 1 aliphatic carbocycles. The highest BCUT2D eigenvalue weighted by Gasteiger charge is 2.24. The smallest absolute Gasteiger partial charge is 0.339 e. The molecule has 1 atom stereocenters. The van der Waals surface area contributed by atoms with E-state index in [4.69, 9.17) is 9.15 Å². The lowest BCUT2D eigenvalue weighted by atomic mass is 10.1. The number of fused-ring (bicyclic) bond motifs is 1. The number of furan rings is 1. The molecule has 1 aliphatic rings. The first-order chi connectivity index (χ1) is 15.4. The van der Waals surface area contributed by atoms with E-state index in [1.165, 1.54) is 6.92 Å². The molecule has 8 nitrogen and oxygen atoms in total. The number of benzene rings is 1. The number of imide groups is 1. The lowest BCUT2D eigenvalue weighted by molar-refractivity contribution is -0.127. The van der Waals surface area contributed by atoms with Crippen molar-refractivity contribution in [2.24, 2.45) is 0 Å². The van der Waals surface area contributed by atoms with Crippen molar-refractivity contribution >= 4 is 28.8 Å². The van der Waals surface area contributed by atoms with Gasteiger partial charge in [0, 0.05) is 11.4 Å². The first-order valence-corrected chi connectivity index (χ1v) is 10.7. The number of hydrogen-bond acceptors (Lipinski definition) is 6. The number of urea groups is 1. The molecule has 0 saturated heterocycles. The Labute approximate surface area is 185 Å². The Balaban J connectivity index is 1.50. The molecule has 0 radical (unpaired) electrons. The first-order valence-electron chi connectivity index (χ1n) is 10.7. The molecular weight excluding hydrogens is 410 g/mol. The highest BCUT2D eigenvalue weighted by atomic mass is 16.5. The number of pyridine rings is 1. The summed E-state index contributed by atoms with van der Waals surface area (Å²) in [6, 6.07) is 11.8. The summed E-state index contributed by atoms with van der Waals surface area (Å²) in [7, 11) is 0. The van der Waals surface area contributed by atoms with Crippen LogP contribution < -0.4 is 10.6 Å². The number of aryl methyl sites for hydroxylation is 1. The van der Waals surface area contributed by atoms with Gasteiger partial charge in [-0.3, -0.25) is 10.1 Å². The molecule has 0 spiro atoms. The van der Waals surface area contributed by atoms with Crippen LogP contribution in [0.2, 0.25) is 0 Å². The maximum Gasteiger partial charge on any atom is 0.339 e. The van der Waals surface area contributed by atoms with Gasteiger partial charge in [-0.2, -0.15) is 0 Å². The molecular formula is C24H25N3O5. The standard InChI is InChI=1S/C24H25N3O5/c1-14-11-12-21(31-14)20-13-18(17-9-5-6-10-19(17)26-20)23(29)32-15(2)22(28)27-24(30)25-16-7-3-4-8-16/h5-6,9-13,15-16H,3-4,7-8H2,1-2H3,(H2,25,27,28,30)/t15-/m1/s1.